The Labute approximate surface area is 160 Å². The number of aryl methyl sites for hydroxylation is 2. The van der Waals surface area contributed by atoms with Crippen LogP contribution in [0.1, 0.15) is 31.2 Å². The Balaban J connectivity index is 1.60. The molecule has 0 unspecified atom stereocenters. The molecule has 0 saturated heterocycles. The normalized spacial score (nSPS) is 11.3. The highest BCUT2D eigenvalue weighted by Crippen LogP contribution is 2.14. The summed E-state index contributed by atoms with van der Waals surface area (Å²) in [4.78, 5) is 14.4. The fourth-order valence-corrected chi connectivity index (χ4v) is 3.72. The third kappa shape index (κ3) is 4.65. The number of amides is 1. The first-order valence-electron chi connectivity index (χ1n) is 7.94. The Kier molecular flexibility index (Phi) is 5.93. The van der Waals surface area contributed by atoms with Gasteiger partial charge in [0.05, 0.1) is 18.1 Å². The van der Waals surface area contributed by atoms with Crippen molar-refractivity contribution in [3.8, 4) is 0 Å². The van der Waals surface area contributed by atoms with Gasteiger partial charge in [-0.3, -0.25) is 10.2 Å². The van der Waals surface area contributed by atoms with E-state index in [1.54, 1.807) is 53.3 Å². The Morgan fingerprint density at radius 2 is 1.62 bits per heavy atom. The van der Waals surface area contributed by atoms with Gasteiger partial charge in [-0.05, 0) is 66.1 Å². The Hall–Kier alpha value is -2.77. The van der Waals surface area contributed by atoms with Gasteiger partial charge in [0.25, 0.3) is 5.91 Å². The van der Waals surface area contributed by atoms with Crippen LogP contribution in [0.4, 0.5) is 5.69 Å². The molecule has 1 aromatic carbocycles. The number of carbonyl (C=O) groups is 1. The molecule has 2 N–H and O–H groups in total. The van der Waals surface area contributed by atoms with Gasteiger partial charge in [-0.25, -0.2) is 5.43 Å². The van der Waals surface area contributed by atoms with Crippen LogP contribution in [0.5, 0.6) is 0 Å². The molecule has 7 heteroatoms. The van der Waals surface area contributed by atoms with Crippen molar-refractivity contribution in [1.82, 2.24) is 5.43 Å². The second kappa shape index (κ2) is 8.55. The molecule has 1 amide bonds. The van der Waals surface area contributed by atoms with Crippen LogP contribution in [-0.4, -0.2) is 18.3 Å². The minimum atomic E-state index is -0.266. The third-order valence-electron chi connectivity index (χ3n) is 3.65. The average Bonchev–Trinajstić information content (AvgIpc) is 3.24. The summed E-state index contributed by atoms with van der Waals surface area (Å²) in [6, 6.07) is 11.2. The van der Waals surface area contributed by atoms with Gasteiger partial charge in [-0.15, -0.1) is 22.7 Å². The van der Waals surface area contributed by atoms with Gasteiger partial charge < -0.3 is 0 Å². The molecule has 132 valence electrons. The van der Waals surface area contributed by atoms with Gasteiger partial charge in [-0.1, -0.05) is 6.07 Å². The minimum absolute atomic E-state index is 0.266. The maximum Gasteiger partial charge on any atom is 0.271 e. The molecule has 0 bridgehead atoms. The molecule has 0 aliphatic carbocycles. The predicted octanol–water partition coefficient (Wildman–Crippen LogP) is 4.64. The topological polar surface area (TPSA) is 65.8 Å². The molecule has 3 aromatic rings. The summed E-state index contributed by atoms with van der Waals surface area (Å²) in [6.07, 6.45) is 3.44. The van der Waals surface area contributed by atoms with Crippen LogP contribution >= 0.6 is 22.7 Å². The van der Waals surface area contributed by atoms with Crippen LogP contribution in [0.15, 0.2) is 57.4 Å². The van der Waals surface area contributed by atoms with E-state index in [0.717, 1.165) is 21.0 Å². The summed E-state index contributed by atoms with van der Waals surface area (Å²) in [5.74, 6) is -0.266. The Bertz CT molecular complexity index is 956. The molecule has 5 nitrogen and oxygen atoms in total. The zero-order valence-electron chi connectivity index (χ0n) is 14.4. The summed E-state index contributed by atoms with van der Waals surface area (Å²) < 4.78 is 0. The summed E-state index contributed by atoms with van der Waals surface area (Å²) in [5.41, 5.74) is 9.07. The summed E-state index contributed by atoms with van der Waals surface area (Å²) in [7, 11) is 0. The van der Waals surface area contributed by atoms with E-state index in [2.05, 4.69) is 27.1 Å². The third-order valence-corrected chi connectivity index (χ3v) is 5.56. The van der Waals surface area contributed by atoms with Crippen molar-refractivity contribution in [1.29, 1.82) is 0 Å². The molecule has 2 aromatic heterocycles. The number of hydrogen-bond donors (Lipinski definition) is 2. The number of hydrazone groups is 2. The van der Waals surface area contributed by atoms with Gasteiger partial charge in [0.1, 0.15) is 0 Å². The van der Waals surface area contributed by atoms with E-state index in [1.165, 1.54) is 5.56 Å². The number of thiophene rings is 2. The fourth-order valence-electron chi connectivity index (χ4n) is 2.14. The number of anilines is 1. The second-order valence-electron chi connectivity index (χ2n) is 5.59. The summed E-state index contributed by atoms with van der Waals surface area (Å²) >= 11 is 3.22. The molecule has 0 aliphatic heterocycles. The van der Waals surface area contributed by atoms with E-state index in [0.29, 0.717) is 5.56 Å². The first-order valence-corrected chi connectivity index (χ1v) is 9.70. The summed E-state index contributed by atoms with van der Waals surface area (Å²) in [6.45, 7) is 4.05. The molecular weight excluding hydrogens is 364 g/mol. The number of carbonyl (C=O) groups excluding carboxylic acids is 1. The molecule has 0 radical (unpaired) electrons. The zero-order chi connectivity index (χ0) is 18.4. The predicted molar refractivity (Wildman–Crippen MR) is 111 cm³/mol. The summed E-state index contributed by atoms with van der Waals surface area (Å²) in [5, 5.41) is 12.3. The van der Waals surface area contributed by atoms with Crippen LogP contribution in [0.25, 0.3) is 0 Å². The molecule has 0 saturated carbocycles. The number of nitrogens with one attached hydrogen (secondary N) is 2. The maximum absolute atomic E-state index is 12.2. The Morgan fingerprint density at radius 1 is 0.962 bits per heavy atom. The van der Waals surface area contributed by atoms with Gasteiger partial charge in [0.15, 0.2) is 0 Å². The SMILES string of the molecule is Cc1ccsc1/C=N\NC(=O)c1cccc(N/N=C\c2sccc2C)c1. The average molecular weight is 383 g/mol. The van der Waals surface area contributed by atoms with Crippen LogP contribution in [0.3, 0.4) is 0 Å². The van der Waals surface area contributed by atoms with E-state index in [1.807, 2.05) is 36.7 Å². The van der Waals surface area contributed by atoms with Crippen LogP contribution in [0.2, 0.25) is 0 Å². The lowest BCUT2D eigenvalue weighted by Gasteiger charge is -2.03. The van der Waals surface area contributed by atoms with Gasteiger partial charge in [0.2, 0.25) is 0 Å². The second-order valence-corrected chi connectivity index (χ2v) is 7.48. The highest BCUT2D eigenvalue weighted by atomic mass is 32.1. The van der Waals surface area contributed by atoms with Crippen molar-refractivity contribution in [2.75, 3.05) is 5.43 Å². The number of nitrogens with zero attached hydrogens (tertiary/aromatic N) is 2. The van der Waals surface area contributed by atoms with E-state index in [4.69, 9.17) is 0 Å². The molecular formula is C19H18N4OS2. The monoisotopic (exact) mass is 382 g/mol. The van der Waals surface area contributed by atoms with Crippen molar-refractivity contribution in [2.24, 2.45) is 10.2 Å². The first kappa shape index (κ1) is 18.0. The maximum atomic E-state index is 12.2. The largest absolute Gasteiger partial charge is 0.278 e. The van der Waals surface area contributed by atoms with Crippen molar-refractivity contribution in [2.45, 2.75) is 13.8 Å². The van der Waals surface area contributed by atoms with Crippen molar-refractivity contribution < 1.29 is 4.79 Å². The number of hydrogen-bond acceptors (Lipinski definition) is 6. The molecule has 0 aliphatic rings. The molecule has 0 atom stereocenters. The van der Waals surface area contributed by atoms with E-state index >= 15 is 0 Å². The van der Waals surface area contributed by atoms with Gasteiger partial charge in [0, 0.05) is 15.3 Å². The molecule has 2 heterocycles. The molecule has 0 fully saturated rings. The zero-order valence-corrected chi connectivity index (χ0v) is 16.0. The lowest BCUT2D eigenvalue weighted by molar-refractivity contribution is 0.0955. The van der Waals surface area contributed by atoms with Crippen LogP contribution < -0.4 is 10.9 Å². The lowest BCUT2D eigenvalue weighted by Crippen LogP contribution is -2.17. The fraction of sp³-hybridized carbons (Fsp3) is 0.105. The van der Waals surface area contributed by atoms with Crippen LogP contribution in [-0.2, 0) is 0 Å². The van der Waals surface area contributed by atoms with Crippen molar-refractivity contribution >= 4 is 46.7 Å². The highest BCUT2D eigenvalue weighted by molar-refractivity contribution is 7.12. The minimum Gasteiger partial charge on any atom is -0.278 e. The smallest absolute Gasteiger partial charge is 0.271 e. The van der Waals surface area contributed by atoms with Crippen LogP contribution in [0, 0.1) is 13.8 Å². The van der Waals surface area contributed by atoms with Crippen molar-refractivity contribution in [3.63, 3.8) is 0 Å². The Morgan fingerprint density at radius 3 is 2.23 bits per heavy atom. The standard InChI is InChI=1S/C19H18N4OS2/c1-13-6-8-25-17(13)11-20-22-16-5-3-4-15(10-16)19(24)23-21-12-18-14(2)7-9-26-18/h3-12,22H,1-2H3,(H,23,24)/b20-11-,21-12-. The van der Waals surface area contributed by atoms with E-state index in [-0.39, 0.29) is 5.91 Å². The number of rotatable bonds is 6. The molecule has 3 rings (SSSR count). The van der Waals surface area contributed by atoms with E-state index < -0.39 is 0 Å². The van der Waals surface area contributed by atoms with Gasteiger partial charge >= 0.3 is 0 Å². The quantitative estimate of drug-likeness (QED) is 0.482. The number of benzene rings is 1. The van der Waals surface area contributed by atoms with Gasteiger partial charge in [-0.2, -0.15) is 10.2 Å². The van der Waals surface area contributed by atoms with Crippen molar-refractivity contribution in [3.05, 3.63) is 73.6 Å². The lowest BCUT2D eigenvalue weighted by atomic mass is 10.2. The van der Waals surface area contributed by atoms with E-state index in [9.17, 15) is 4.79 Å². The molecule has 26 heavy (non-hydrogen) atoms. The highest BCUT2D eigenvalue weighted by Gasteiger charge is 2.05. The first-order chi connectivity index (χ1) is 12.6. The molecule has 0 spiro atoms.